The van der Waals surface area contributed by atoms with Gasteiger partial charge in [0.1, 0.15) is 0 Å². The Kier molecular flexibility index (Phi) is 4.25. The second kappa shape index (κ2) is 6.31. The molecular weight excluding hydrogens is 262 g/mol. The molecule has 0 unspecified atom stereocenters. The Balaban J connectivity index is 1.98. The van der Waals surface area contributed by atoms with E-state index in [2.05, 4.69) is 35.3 Å². The predicted octanol–water partition coefficient (Wildman–Crippen LogP) is 2.21. The first-order valence-electron chi connectivity index (χ1n) is 7.89. The highest BCUT2D eigenvalue weighted by Crippen LogP contribution is 2.22. The number of hydrogen-bond acceptors (Lipinski definition) is 3. The van der Waals surface area contributed by atoms with Crippen molar-refractivity contribution in [2.75, 3.05) is 31.1 Å². The van der Waals surface area contributed by atoms with Crippen LogP contribution in [0.5, 0.6) is 0 Å². The summed E-state index contributed by atoms with van der Waals surface area (Å²) < 4.78 is 1.90. The molecule has 1 saturated heterocycles. The summed E-state index contributed by atoms with van der Waals surface area (Å²) in [4.78, 5) is 14.5. The number of fused-ring (bicyclic) bond motifs is 1. The first kappa shape index (κ1) is 14.1. The molecule has 1 aliphatic rings. The van der Waals surface area contributed by atoms with Crippen LogP contribution < -0.4 is 15.8 Å². The van der Waals surface area contributed by atoms with Crippen molar-refractivity contribution < 1.29 is 0 Å². The molecule has 112 valence electrons. The van der Waals surface area contributed by atoms with Gasteiger partial charge in [0.2, 0.25) is 0 Å². The number of piperazine rings is 1. The van der Waals surface area contributed by atoms with Crippen molar-refractivity contribution in [3.05, 3.63) is 40.7 Å². The van der Waals surface area contributed by atoms with Crippen LogP contribution in [-0.4, -0.2) is 30.7 Å². The molecule has 4 nitrogen and oxygen atoms in total. The number of aryl methyl sites for hydroxylation is 1. The zero-order chi connectivity index (χ0) is 14.7. The van der Waals surface area contributed by atoms with Crippen molar-refractivity contribution in [2.45, 2.75) is 26.3 Å². The van der Waals surface area contributed by atoms with E-state index in [1.807, 2.05) is 10.6 Å². The highest BCUT2D eigenvalue weighted by Gasteiger charge is 2.11. The molecule has 0 bridgehead atoms. The zero-order valence-electron chi connectivity index (χ0n) is 12.6. The summed E-state index contributed by atoms with van der Waals surface area (Å²) in [6, 6.07) is 10.1. The number of pyridine rings is 1. The third-order valence-corrected chi connectivity index (χ3v) is 4.19. The minimum atomic E-state index is 0.103. The number of benzene rings is 1. The van der Waals surface area contributed by atoms with Crippen molar-refractivity contribution in [1.82, 2.24) is 9.88 Å². The minimum Gasteiger partial charge on any atom is -0.369 e. The van der Waals surface area contributed by atoms with Crippen molar-refractivity contribution in [2.24, 2.45) is 0 Å². The van der Waals surface area contributed by atoms with Gasteiger partial charge in [0, 0.05) is 49.9 Å². The normalized spacial score (nSPS) is 15.6. The van der Waals surface area contributed by atoms with Crippen LogP contribution >= 0.6 is 0 Å². The average molecular weight is 285 g/mol. The van der Waals surface area contributed by atoms with Gasteiger partial charge >= 0.3 is 0 Å². The third-order valence-electron chi connectivity index (χ3n) is 4.19. The molecule has 0 atom stereocenters. The molecule has 1 N–H and O–H groups in total. The number of aromatic nitrogens is 1. The summed E-state index contributed by atoms with van der Waals surface area (Å²) in [6.45, 7) is 7.11. The van der Waals surface area contributed by atoms with Gasteiger partial charge in [-0.25, -0.2) is 0 Å². The molecule has 2 heterocycles. The molecular formula is C17H23N3O. The van der Waals surface area contributed by atoms with Crippen LogP contribution in [-0.2, 0) is 6.54 Å². The summed E-state index contributed by atoms with van der Waals surface area (Å²) in [5.41, 5.74) is 2.41. The lowest BCUT2D eigenvalue weighted by Gasteiger charge is -2.29. The van der Waals surface area contributed by atoms with Crippen LogP contribution in [0, 0.1) is 0 Å². The molecule has 0 aliphatic carbocycles. The van der Waals surface area contributed by atoms with Gasteiger partial charge in [0.15, 0.2) is 0 Å². The molecule has 0 saturated carbocycles. The lowest BCUT2D eigenvalue weighted by Crippen LogP contribution is -2.43. The monoisotopic (exact) mass is 285 g/mol. The third kappa shape index (κ3) is 2.95. The van der Waals surface area contributed by atoms with E-state index in [-0.39, 0.29) is 5.56 Å². The molecule has 1 fully saturated rings. The summed E-state index contributed by atoms with van der Waals surface area (Å²) in [5.74, 6) is 0. The number of hydrogen-bond donors (Lipinski definition) is 1. The zero-order valence-corrected chi connectivity index (χ0v) is 12.6. The fourth-order valence-corrected chi connectivity index (χ4v) is 2.96. The highest BCUT2D eigenvalue weighted by molar-refractivity contribution is 5.83. The smallest absolute Gasteiger partial charge is 0.251 e. The SMILES string of the molecule is CCCCn1c(=O)ccc2cc(N3CCNCC3)ccc21. The van der Waals surface area contributed by atoms with Crippen molar-refractivity contribution in [1.29, 1.82) is 0 Å². The maximum absolute atomic E-state index is 12.1. The molecule has 1 aliphatic heterocycles. The second-order valence-electron chi connectivity index (χ2n) is 5.66. The van der Waals surface area contributed by atoms with E-state index in [4.69, 9.17) is 0 Å². The van der Waals surface area contributed by atoms with Gasteiger partial charge in [0.25, 0.3) is 5.56 Å². The van der Waals surface area contributed by atoms with E-state index in [0.717, 1.165) is 56.5 Å². The van der Waals surface area contributed by atoms with Gasteiger partial charge in [-0.2, -0.15) is 0 Å². The fourth-order valence-electron chi connectivity index (χ4n) is 2.96. The van der Waals surface area contributed by atoms with Crippen molar-refractivity contribution in [3.8, 4) is 0 Å². The number of nitrogens with zero attached hydrogens (tertiary/aromatic N) is 2. The summed E-state index contributed by atoms with van der Waals surface area (Å²) >= 11 is 0. The van der Waals surface area contributed by atoms with Gasteiger partial charge in [-0.1, -0.05) is 13.3 Å². The summed E-state index contributed by atoms with van der Waals surface area (Å²) in [7, 11) is 0. The number of unbranched alkanes of at least 4 members (excludes halogenated alkanes) is 1. The Hall–Kier alpha value is -1.81. The van der Waals surface area contributed by atoms with Crippen LogP contribution in [0.15, 0.2) is 35.1 Å². The molecule has 1 aromatic heterocycles. The van der Waals surface area contributed by atoms with Crippen LogP contribution in [0.3, 0.4) is 0 Å². The van der Waals surface area contributed by atoms with Gasteiger partial charge in [-0.15, -0.1) is 0 Å². The Morgan fingerprint density at radius 1 is 1.14 bits per heavy atom. The van der Waals surface area contributed by atoms with E-state index in [0.29, 0.717) is 0 Å². The summed E-state index contributed by atoms with van der Waals surface area (Å²) in [5, 5.41) is 4.53. The van der Waals surface area contributed by atoms with Crippen LogP contribution in [0.2, 0.25) is 0 Å². The van der Waals surface area contributed by atoms with Gasteiger partial charge < -0.3 is 14.8 Å². The molecule has 2 aromatic rings. The first-order valence-corrected chi connectivity index (χ1v) is 7.89. The molecule has 0 spiro atoms. The Labute approximate surface area is 125 Å². The maximum Gasteiger partial charge on any atom is 0.251 e. The lowest BCUT2D eigenvalue weighted by atomic mass is 10.1. The van der Waals surface area contributed by atoms with Crippen molar-refractivity contribution in [3.63, 3.8) is 0 Å². The van der Waals surface area contributed by atoms with E-state index in [1.54, 1.807) is 6.07 Å². The quantitative estimate of drug-likeness (QED) is 0.936. The Morgan fingerprint density at radius 3 is 2.71 bits per heavy atom. The first-order chi connectivity index (χ1) is 10.3. The molecule has 3 rings (SSSR count). The van der Waals surface area contributed by atoms with E-state index in [1.165, 1.54) is 5.69 Å². The summed E-state index contributed by atoms with van der Waals surface area (Å²) in [6.07, 6.45) is 2.14. The second-order valence-corrected chi connectivity index (χ2v) is 5.66. The van der Waals surface area contributed by atoms with E-state index in [9.17, 15) is 4.79 Å². The van der Waals surface area contributed by atoms with Gasteiger partial charge in [0.05, 0.1) is 5.52 Å². The molecule has 1 aromatic carbocycles. The average Bonchev–Trinajstić information content (AvgIpc) is 2.54. The van der Waals surface area contributed by atoms with Crippen molar-refractivity contribution >= 4 is 16.6 Å². The lowest BCUT2D eigenvalue weighted by molar-refractivity contribution is 0.589. The fraction of sp³-hybridized carbons (Fsp3) is 0.471. The number of rotatable bonds is 4. The minimum absolute atomic E-state index is 0.103. The predicted molar refractivity (Wildman–Crippen MR) is 88.2 cm³/mol. The standard InChI is InChI=1S/C17H23N3O/c1-2-3-10-20-16-6-5-15(19-11-8-18-9-12-19)13-14(16)4-7-17(20)21/h4-7,13,18H,2-3,8-12H2,1H3. The number of anilines is 1. The van der Waals surface area contributed by atoms with Gasteiger partial charge in [-0.3, -0.25) is 4.79 Å². The Morgan fingerprint density at radius 2 is 1.95 bits per heavy atom. The van der Waals surface area contributed by atoms with E-state index < -0.39 is 0 Å². The van der Waals surface area contributed by atoms with E-state index >= 15 is 0 Å². The van der Waals surface area contributed by atoms with Crippen LogP contribution in [0.4, 0.5) is 5.69 Å². The largest absolute Gasteiger partial charge is 0.369 e. The maximum atomic E-state index is 12.1. The molecule has 4 heteroatoms. The highest BCUT2D eigenvalue weighted by atomic mass is 16.1. The Bertz CT molecular complexity index is 671. The molecule has 0 amide bonds. The molecule has 0 radical (unpaired) electrons. The number of nitrogens with one attached hydrogen (secondary N) is 1. The molecule has 21 heavy (non-hydrogen) atoms. The van der Waals surface area contributed by atoms with Crippen LogP contribution in [0.25, 0.3) is 10.9 Å². The van der Waals surface area contributed by atoms with Gasteiger partial charge in [-0.05, 0) is 30.7 Å². The topological polar surface area (TPSA) is 37.3 Å². The van der Waals surface area contributed by atoms with Crippen LogP contribution in [0.1, 0.15) is 19.8 Å².